The molecule has 0 fully saturated rings. The molecule has 0 radical (unpaired) electrons. The zero-order chi connectivity index (χ0) is 18.6. The maximum Gasteiger partial charge on any atom is 0.250 e. The minimum Gasteiger partial charge on any atom is -0.319 e. The zero-order valence-electron chi connectivity index (χ0n) is 15.0. The fourth-order valence-electron chi connectivity index (χ4n) is 2.93. The van der Waals surface area contributed by atoms with E-state index in [0.717, 1.165) is 34.6 Å². The number of hydrogen-bond donors (Lipinski definition) is 0. The van der Waals surface area contributed by atoms with E-state index in [4.69, 9.17) is 0 Å². The monoisotopic (exact) mass is 357 g/mol. The smallest absolute Gasteiger partial charge is 0.250 e. The van der Waals surface area contributed by atoms with Crippen LogP contribution >= 0.6 is 0 Å². The molecular weight excluding hydrogens is 338 g/mol. The lowest BCUT2D eigenvalue weighted by atomic mass is 10.1. The highest BCUT2D eigenvalue weighted by Gasteiger charge is 2.11. The first-order valence-electron chi connectivity index (χ1n) is 8.75. The number of fused-ring (bicyclic) bond motifs is 1. The van der Waals surface area contributed by atoms with Gasteiger partial charge in [0.15, 0.2) is 11.5 Å². The van der Waals surface area contributed by atoms with Gasteiger partial charge in [-0.25, -0.2) is 0 Å². The second-order valence-corrected chi connectivity index (χ2v) is 6.30. The third-order valence-electron chi connectivity index (χ3n) is 4.45. The number of pyridine rings is 2. The lowest BCUT2D eigenvalue weighted by Gasteiger charge is -2.06. The van der Waals surface area contributed by atoms with E-state index in [1.165, 1.54) is 0 Å². The quantitative estimate of drug-likeness (QED) is 0.708. The van der Waals surface area contributed by atoms with Crippen molar-refractivity contribution in [2.24, 2.45) is 12.0 Å². The van der Waals surface area contributed by atoms with Gasteiger partial charge >= 0.3 is 0 Å². The highest BCUT2D eigenvalue weighted by Crippen LogP contribution is 2.22. The van der Waals surface area contributed by atoms with Crippen LogP contribution in [-0.2, 0) is 7.05 Å². The van der Waals surface area contributed by atoms with E-state index < -0.39 is 0 Å². The van der Waals surface area contributed by atoms with Crippen molar-refractivity contribution in [3.63, 3.8) is 0 Å². The van der Waals surface area contributed by atoms with Crippen LogP contribution in [-0.4, -0.2) is 31.9 Å². The molecule has 4 heterocycles. The topological polar surface area (TPSA) is 64.6 Å². The number of aryl methyl sites for hydroxylation is 1. The van der Waals surface area contributed by atoms with Crippen molar-refractivity contribution in [1.29, 1.82) is 0 Å². The molecule has 3 aromatic heterocycles. The molecular formula is C21H19N5O. The average molecular weight is 357 g/mol. The Hall–Kier alpha value is -3.54. The van der Waals surface area contributed by atoms with Crippen molar-refractivity contribution in [1.82, 2.24) is 19.2 Å². The molecule has 0 bridgehead atoms. The van der Waals surface area contributed by atoms with Crippen molar-refractivity contribution in [2.45, 2.75) is 6.42 Å². The van der Waals surface area contributed by atoms with Crippen LogP contribution in [0.3, 0.4) is 0 Å². The molecule has 134 valence electrons. The Kier molecular flexibility index (Phi) is 4.61. The second kappa shape index (κ2) is 7.37. The van der Waals surface area contributed by atoms with E-state index in [1.54, 1.807) is 23.9 Å². The molecule has 0 atom stereocenters. The van der Waals surface area contributed by atoms with E-state index in [0.29, 0.717) is 6.54 Å². The molecule has 6 nitrogen and oxygen atoms in total. The van der Waals surface area contributed by atoms with Gasteiger partial charge in [-0.15, -0.1) is 10.2 Å². The summed E-state index contributed by atoms with van der Waals surface area (Å²) >= 11 is 0. The van der Waals surface area contributed by atoms with Crippen molar-refractivity contribution < 1.29 is 0 Å². The van der Waals surface area contributed by atoms with Gasteiger partial charge in [0.05, 0.1) is 6.54 Å². The van der Waals surface area contributed by atoms with Crippen molar-refractivity contribution in [3.8, 4) is 11.1 Å². The van der Waals surface area contributed by atoms with Crippen LogP contribution in [0.2, 0.25) is 0 Å². The molecule has 27 heavy (non-hydrogen) atoms. The van der Waals surface area contributed by atoms with Gasteiger partial charge in [-0.2, -0.15) is 0 Å². The summed E-state index contributed by atoms with van der Waals surface area (Å²) in [5, 5.41) is 8.70. The van der Waals surface area contributed by atoms with Gasteiger partial charge in [-0.3, -0.25) is 14.2 Å². The predicted molar refractivity (Wildman–Crippen MR) is 108 cm³/mol. The van der Waals surface area contributed by atoms with Gasteiger partial charge in [0, 0.05) is 37.3 Å². The third-order valence-corrected chi connectivity index (χ3v) is 4.45. The summed E-state index contributed by atoms with van der Waals surface area (Å²) in [7, 11) is 1.74. The highest BCUT2D eigenvalue weighted by atomic mass is 16.1. The first kappa shape index (κ1) is 16.9. The summed E-state index contributed by atoms with van der Waals surface area (Å²) in [6.45, 7) is 0.661. The molecule has 0 aliphatic carbocycles. The van der Waals surface area contributed by atoms with Crippen molar-refractivity contribution in [3.05, 3.63) is 83.2 Å². The highest BCUT2D eigenvalue weighted by molar-refractivity contribution is 5.84. The van der Waals surface area contributed by atoms with Crippen LogP contribution in [0.4, 0.5) is 0 Å². The largest absolute Gasteiger partial charge is 0.319 e. The van der Waals surface area contributed by atoms with Crippen LogP contribution in [0.1, 0.15) is 12.2 Å². The molecule has 0 saturated carbocycles. The number of nitrogens with zero attached hydrogens (tertiary/aromatic N) is 5. The fourth-order valence-corrected chi connectivity index (χ4v) is 2.93. The van der Waals surface area contributed by atoms with E-state index >= 15 is 0 Å². The number of rotatable bonds is 2. The number of hydrogen-bond acceptors (Lipinski definition) is 4. The molecule has 0 saturated heterocycles. The predicted octanol–water partition coefficient (Wildman–Crippen LogP) is 3.07. The molecule has 1 aliphatic heterocycles. The molecule has 0 unspecified atom stereocenters. The molecule has 4 rings (SSSR count). The van der Waals surface area contributed by atoms with Gasteiger partial charge in [0.25, 0.3) is 5.56 Å². The van der Waals surface area contributed by atoms with E-state index in [2.05, 4.69) is 21.3 Å². The summed E-state index contributed by atoms with van der Waals surface area (Å²) in [6.07, 6.45) is 16.4. The molecule has 1 aliphatic rings. The molecule has 3 aromatic rings. The van der Waals surface area contributed by atoms with Crippen molar-refractivity contribution in [2.75, 3.05) is 6.54 Å². The van der Waals surface area contributed by atoms with Gasteiger partial charge in [0.2, 0.25) is 0 Å². The Morgan fingerprint density at radius 1 is 1.00 bits per heavy atom. The molecule has 0 N–H and O–H groups in total. The Labute approximate surface area is 156 Å². The van der Waals surface area contributed by atoms with Gasteiger partial charge in [0.1, 0.15) is 0 Å². The fraction of sp³-hybridized carbons (Fsp3) is 0.143. The van der Waals surface area contributed by atoms with Crippen LogP contribution in [0.15, 0.2) is 76.8 Å². The van der Waals surface area contributed by atoms with Crippen LogP contribution in [0.25, 0.3) is 22.3 Å². The Morgan fingerprint density at radius 3 is 2.70 bits per heavy atom. The Bertz CT molecular complexity index is 1160. The van der Waals surface area contributed by atoms with Crippen LogP contribution in [0.5, 0.6) is 0 Å². The molecule has 6 heteroatoms. The van der Waals surface area contributed by atoms with E-state index in [-0.39, 0.29) is 5.56 Å². The van der Waals surface area contributed by atoms with Crippen LogP contribution < -0.4 is 5.56 Å². The van der Waals surface area contributed by atoms with Crippen molar-refractivity contribution >= 4 is 17.4 Å². The molecule has 0 amide bonds. The van der Waals surface area contributed by atoms with E-state index in [1.807, 2.05) is 59.3 Å². The zero-order valence-corrected chi connectivity index (χ0v) is 15.0. The lowest BCUT2D eigenvalue weighted by Crippen LogP contribution is -2.14. The molecule has 0 aromatic carbocycles. The Balaban J connectivity index is 1.74. The van der Waals surface area contributed by atoms with Gasteiger partial charge in [-0.05, 0) is 41.8 Å². The second-order valence-electron chi connectivity index (χ2n) is 6.30. The number of aliphatic imine (C=N–C) groups is 1. The Morgan fingerprint density at radius 2 is 1.81 bits per heavy atom. The minimum atomic E-state index is -0.0405. The maximum absolute atomic E-state index is 11.9. The number of aromatic nitrogens is 4. The number of allylic oxidation sites excluding steroid dienone is 5. The van der Waals surface area contributed by atoms with Gasteiger partial charge in [-0.1, -0.05) is 24.3 Å². The summed E-state index contributed by atoms with van der Waals surface area (Å²) < 4.78 is 3.51. The lowest BCUT2D eigenvalue weighted by molar-refractivity contribution is 0.861. The standard InChI is InChI=1S/C21H19N5O/c1-25-12-8-18(15-20(25)27)17-9-13-26-19(14-17)23-24-21(26)16-6-4-2-3-5-10-22-11-7-16/h2-5,7-9,11-15H,6,10H2,1H3/b4-2-,5-3-,16-7+,22-11?. The summed E-state index contributed by atoms with van der Waals surface area (Å²) in [5.41, 5.74) is 3.54. The minimum absolute atomic E-state index is 0.0405. The first-order valence-corrected chi connectivity index (χ1v) is 8.75. The summed E-state index contributed by atoms with van der Waals surface area (Å²) in [4.78, 5) is 16.2. The average Bonchev–Trinajstić information content (AvgIpc) is 3.11. The first-order chi connectivity index (χ1) is 13.2. The molecule has 0 spiro atoms. The van der Waals surface area contributed by atoms with Gasteiger partial charge < -0.3 is 4.57 Å². The SMILES string of the molecule is Cn1ccc(-c2ccn3c(/C4=C/C=NC/C=C\C=C/C4)nnc3c2)cc1=O. The normalized spacial score (nSPS) is 18.8. The summed E-state index contributed by atoms with van der Waals surface area (Å²) in [6, 6.07) is 7.46. The van der Waals surface area contributed by atoms with E-state index in [9.17, 15) is 4.79 Å². The van der Waals surface area contributed by atoms with Crippen LogP contribution in [0, 0.1) is 0 Å². The third kappa shape index (κ3) is 3.55. The summed E-state index contributed by atoms with van der Waals surface area (Å²) in [5.74, 6) is 0.793. The maximum atomic E-state index is 11.9.